The second-order valence-electron chi connectivity index (χ2n) is 8.87. The van der Waals surface area contributed by atoms with Crippen LogP contribution in [0, 0.1) is 13.8 Å². The summed E-state index contributed by atoms with van der Waals surface area (Å²) >= 11 is 3.39. The van der Waals surface area contributed by atoms with Crippen LogP contribution < -0.4 is 21.5 Å². The first-order valence-corrected chi connectivity index (χ1v) is 12.7. The Morgan fingerprint density at radius 3 is 1.73 bits per heavy atom. The number of ketones is 1. The highest BCUT2D eigenvalue weighted by atomic mass is 79.9. The van der Waals surface area contributed by atoms with Crippen molar-refractivity contribution in [3.63, 3.8) is 0 Å². The summed E-state index contributed by atoms with van der Waals surface area (Å²) in [7, 11) is 0. The number of carbonyl (C=O) groups excluding carboxylic acids is 1. The van der Waals surface area contributed by atoms with Crippen molar-refractivity contribution in [3.8, 4) is 0 Å². The zero-order chi connectivity index (χ0) is 25.1. The number of halogens is 2. The van der Waals surface area contributed by atoms with Crippen LogP contribution in [0.1, 0.15) is 38.7 Å². The van der Waals surface area contributed by atoms with Crippen LogP contribution in [0.4, 0.5) is 0 Å². The molecule has 0 saturated heterocycles. The maximum Gasteiger partial charge on any atom is 0.255 e. The number of hydrogen-bond acceptors (Lipinski definition) is 2. The van der Waals surface area contributed by atoms with Crippen LogP contribution in [0.5, 0.6) is 0 Å². The Hall–Kier alpha value is -3.35. The monoisotopic (exact) mass is 615 g/mol. The summed E-state index contributed by atoms with van der Waals surface area (Å²) in [6.07, 6.45) is 3.82. The number of aryl methyl sites for hydroxylation is 1. The Bertz CT molecular complexity index is 1390. The van der Waals surface area contributed by atoms with Gasteiger partial charge < -0.3 is 17.0 Å². The highest BCUT2D eigenvalue weighted by Crippen LogP contribution is 2.37. The van der Waals surface area contributed by atoms with Gasteiger partial charge in [-0.3, -0.25) is 9.78 Å². The number of nitrogens with zero attached hydrogens (tertiary/aromatic N) is 3. The van der Waals surface area contributed by atoms with Gasteiger partial charge in [0.2, 0.25) is 5.78 Å². The van der Waals surface area contributed by atoms with Gasteiger partial charge >= 0.3 is 0 Å². The zero-order valence-corrected chi connectivity index (χ0v) is 23.9. The molecule has 2 aromatic heterocycles. The van der Waals surface area contributed by atoms with Crippen molar-refractivity contribution < 1.29 is 26.3 Å². The zero-order valence-electron chi connectivity index (χ0n) is 20.7. The standard InChI is InChI=1S/C31H27BrN3O.BrH/c1-23-21-35(24(2)34(23)22-30(36)29-19-18-28(32)20-33-29)31(25-12-6-3-7-13-25,26-14-8-4-9-15-26)27-16-10-5-11-17-27;/h3-21H,22H2,1-2H3;1H/q+1;/p-1. The van der Waals surface area contributed by atoms with Gasteiger partial charge in [-0.25, -0.2) is 9.13 Å². The van der Waals surface area contributed by atoms with Gasteiger partial charge in [0.1, 0.15) is 17.6 Å². The fraction of sp³-hybridized carbons (Fsp3) is 0.129. The largest absolute Gasteiger partial charge is 1.00 e. The van der Waals surface area contributed by atoms with E-state index in [0.717, 1.165) is 32.7 Å². The average molecular weight is 617 g/mol. The number of imidazole rings is 1. The third-order valence-corrected chi connectivity index (χ3v) is 7.20. The molecule has 2 heterocycles. The van der Waals surface area contributed by atoms with Crippen molar-refractivity contribution in [2.45, 2.75) is 25.9 Å². The summed E-state index contributed by atoms with van der Waals surface area (Å²) in [5.74, 6) is 0.954. The number of benzene rings is 3. The molecule has 0 N–H and O–H groups in total. The van der Waals surface area contributed by atoms with Gasteiger partial charge in [0.15, 0.2) is 12.1 Å². The van der Waals surface area contributed by atoms with E-state index in [9.17, 15) is 4.79 Å². The van der Waals surface area contributed by atoms with Crippen LogP contribution in [-0.4, -0.2) is 15.3 Å². The molecular formula is C31H27Br2N3O. The molecule has 3 aromatic carbocycles. The molecule has 0 radical (unpaired) electrons. The predicted octanol–water partition coefficient (Wildman–Crippen LogP) is 3.28. The molecule has 0 aliphatic rings. The van der Waals surface area contributed by atoms with E-state index in [-0.39, 0.29) is 29.3 Å². The van der Waals surface area contributed by atoms with Crippen molar-refractivity contribution in [3.05, 3.63) is 154 Å². The molecule has 0 spiro atoms. The summed E-state index contributed by atoms with van der Waals surface area (Å²) in [5.41, 5.74) is 4.28. The summed E-state index contributed by atoms with van der Waals surface area (Å²) in [6.45, 7) is 4.35. The molecule has 4 nitrogen and oxygen atoms in total. The van der Waals surface area contributed by atoms with Gasteiger partial charge in [0, 0.05) is 41.2 Å². The van der Waals surface area contributed by atoms with E-state index in [1.54, 1.807) is 12.3 Å². The summed E-state index contributed by atoms with van der Waals surface area (Å²) in [5, 5.41) is 0. The van der Waals surface area contributed by atoms with Gasteiger partial charge in [-0.05, 0) is 28.1 Å². The van der Waals surface area contributed by atoms with Crippen LogP contribution >= 0.6 is 15.9 Å². The molecule has 37 heavy (non-hydrogen) atoms. The lowest BCUT2D eigenvalue weighted by molar-refractivity contribution is -0.739. The first-order chi connectivity index (χ1) is 17.5. The minimum atomic E-state index is -0.622. The summed E-state index contributed by atoms with van der Waals surface area (Å²) in [4.78, 5) is 17.5. The van der Waals surface area contributed by atoms with Crippen molar-refractivity contribution in [2.75, 3.05) is 0 Å². The quantitative estimate of drug-likeness (QED) is 0.160. The minimum absolute atomic E-state index is 0. The fourth-order valence-corrected chi connectivity index (χ4v) is 5.27. The molecule has 0 bridgehead atoms. The molecule has 0 aliphatic carbocycles. The number of hydrogen-bond donors (Lipinski definition) is 0. The second-order valence-corrected chi connectivity index (χ2v) is 9.78. The topological polar surface area (TPSA) is 38.8 Å². The number of aromatic nitrogens is 3. The van der Waals surface area contributed by atoms with Gasteiger partial charge in [-0.1, -0.05) is 91.0 Å². The number of rotatable bonds is 7. The van der Waals surface area contributed by atoms with Gasteiger partial charge in [-0.2, -0.15) is 0 Å². The van der Waals surface area contributed by atoms with E-state index in [4.69, 9.17) is 0 Å². The van der Waals surface area contributed by atoms with Crippen LogP contribution in [0.25, 0.3) is 0 Å². The molecule has 0 aliphatic heterocycles. The Morgan fingerprint density at radius 2 is 1.30 bits per heavy atom. The van der Waals surface area contributed by atoms with E-state index in [1.165, 1.54) is 0 Å². The van der Waals surface area contributed by atoms with Gasteiger partial charge in [0.05, 0.1) is 0 Å². The van der Waals surface area contributed by atoms with E-state index in [1.807, 2.05) is 24.3 Å². The SMILES string of the molecule is Cc1c[n+](C(c2ccccc2)(c2ccccc2)c2ccccc2)c(C)n1CC(=O)c1ccc(Br)cn1.[Br-]. The van der Waals surface area contributed by atoms with Gasteiger partial charge in [0.25, 0.3) is 5.82 Å². The lowest BCUT2D eigenvalue weighted by atomic mass is 9.76. The van der Waals surface area contributed by atoms with Crippen LogP contribution in [0.3, 0.4) is 0 Å². The maximum absolute atomic E-state index is 13.2. The molecule has 5 aromatic rings. The Labute approximate surface area is 236 Å². The Morgan fingerprint density at radius 1 is 0.811 bits per heavy atom. The van der Waals surface area contributed by atoms with Crippen LogP contribution in [-0.2, 0) is 12.1 Å². The van der Waals surface area contributed by atoms with E-state index >= 15 is 0 Å². The van der Waals surface area contributed by atoms with Crippen molar-refractivity contribution in [1.82, 2.24) is 9.55 Å². The molecule has 0 saturated carbocycles. The molecular weight excluding hydrogens is 590 g/mol. The summed E-state index contributed by atoms with van der Waals surface area (Å²) < 4.78 is 5.24. The maximum atomic E-state index is 13.2. The molecule has 5 rings (SSSR count). The highest BCUT2D eigenvalue weighted by molar-refractivity contribution is 9.10. The molecule has 0 atom stereocenters. The normalized spacial score (nSPS) is 11.1. The summed E-state index contributed by atoms with van der Waals surface area (Å²) in [6, 6.07) is 35.3. The van der Waals surface area contributed by atoms with Crippen molar-refractivity contribution in [2.24, 2.45) is 0 Å². The highest BCUT2D eigenvalue weighted by Gasteiger charge is 2.45. The Kier molecular flexibility index (Phi) is 8.20. The van der Waals surface area contributed by atoms with Crippen LogP contribution in [0.2, 0.25) is 0 Å². The minimum Gasteiger partial charge on any atom is -1.00 e. The fourth-order valence-electron chi connectivity index (χ4n) is 5.03. The lowest BCUT2D eigenvalue weighted by Crippen LogP contribution is -3.00. The third-order valence-electron chi connectivity index (χ3n) is 6.73. The molecule has 6 heteroatoms. The lowest BCUT2D eigenvalue weighted by Gasteiger charge is -2.33. The molecule has 186 valence electrons. The van der Waals surface area contributed by atoms with E-state index in [2.05, 4.69) is 123 Å². The number of carbonyl (C=O) groups is 1. The average Bonchev–Trinajstić information content (AvgIpc) is 3.20. The second kappa shape index (κ2) is 11.4. The third kappa shape index (κ3) is 4.96. The number of pyridine rings is 1. The Balaban J connectivity index is 0.00000320. The molecule has 0 unspecified atom stereocenters. The first-order valence-electron chi connectivity index (χ1n) is 11.9. The van der Waals surface area contributed by atoms with Crippen LogP contribution in [0.15, 0.2) is 120 Å². The predicted molar refractivity (Wildman–Crippen MR) is 145 cm³/mol. The molecule has 0 amide bonds. The smallest absolute Gasteiger partial charge is 0.255 e. The van der Waals surface area contributed by atoms with E-state index < -0.39 is 5.54 Å². The molecule has 0 fully saturated rings. The van der Waals surface area contributed by atoms with E-state index in [0.29, 0.717) is 5.69 Å². The van der Waals surface area contributed by atoms with Crippen molar-refractivity contribution in [1.29, 1.82) is 0 Å². The van der Waals surface area contributed by atoms with Crippen molar-refractivity contribution >= 4 is 21.7 Å². The first kappa shape index (κ1) is 26.7. The number of Topliss-reactive ketones (excluding diaryl/α,β-unsaturated/α-hetero) is 1. The van der Waals surface area contributed by atoms with Gasteiger partial charge in [-0.15, -0.1) is 0 Å².